The van der Waals surface area contributed by atoms with Crippen LogP contribution >= 0.6 is 0 Å². The number of aromatic nitrogens is 3. The van der Waals surface area contributed by atoms with Gasteiger partial charge in [0.05, 0.1) is 35.0 Å². The lowest BCUT2D eigenvalue weighted by Crippen LogP contribution is -2.52. The second-order valence-corrected chi connectivity index (χ2v) is 16.1. The minimum absolute atomic E-state index is 0.0739. The average molecular weight is 801 g/mol. The minimum atomic E-state index is -0.896. The summed E-state index contributed by atoms with van der Waals surface area (Å²) >= 11 is 0. The van der Waals surface area contributed by atoms with E-state index in [-0.39, 0.29) is 24.7 Å². The van der Waals surface area contributed by atoms with Crippen LogP contribution in [0.15, 0.2) is 85.5 Å². The molecule has 0 spiro atoms. The van der Waals surface area contributed by atoms with Crippen LogP contribution in [0.1, 0.15) is 59.2 Å². The third-order valence-corrected chi connectivity index (χ3v) is 11.9. The predicted molar refractivity (Wildman–Crippen MR) is 220 cm³/mol. The van der Waals surface area contributed by atoms with Gasteiger partial charge in [-0.15, -0.1) is 0 Å². The molecule has 3 aromatic heterocycles. The number of ether oxygens (including phenoxy) is 4. The molecular weight excluding hydrogens is 753 g/mol. The molecule has 14 nitrogen and oxygen atoms in total. The van der Waals surface area contributed by atoms with Crippen molar-refractivity contribution >= 4 is 45.2 Å². The number of hydrogen-bond acceptors (Lipinski definition) is 11. The number of imide groups is 1. The van der Waals surface area contributed by atoms with Crippen molar-refractivity contribution < 1.29 is 38.4 Å². The van der Waals surface area contributed by atoms with Gasteiger partial charge >= 0.3 is 0 Å². The number of benzene rings is 2. The lowest BCUT2D eigenvalue weighted by atomic mass is 9.78. The summed E-state index contributed by atoms with van der Waals surface area (Å²) in [6.07, 6.45) is 8.89. The first-order valence-electron chi connectivity index (χ1n) is 20.3. The molecule has 1 atom stereocenters. The van der Waals surface area contributed by atoms with Crippen LogP contribution in [-0.2, 0) is 26.1 Å². The number of hydrogen-bond donors (Lipinski definition) is 2. The maximum absolute atomic E-state index is 13.2. The number of nitrogens with one attached hydrogen (secondary N) is 1. The van der Waals surface area contributed by atoms with Crippen molar-refractivity contribution in [3.8, 4) is 17.0 Å². The van der Waals surface area contributed by atoms with Crippen LogP contribution in [0.3, 0.4) is 0 Å². The smallest absolute Gasteiger partial charge is 0.262 e. The summed E-state index contributed by atoms with van der Waals surface area (Å²) in [6.45, 7) is 7.62. The van der Waals surface area contributed by atoms with E-state index in [9.17, 15) is 19.5 Å². The van der Waals surface area contributed by atoms with Crippen LogP contribution < -0.4 is 15.0 Å². The Hall–Kier alpha value is -5.67. The fraction of sp³-hybridized carbons (Fsp3) is 0.400. The molecular formula is C45H48N6O8. The zero-order chi connectivity index (χ0) is 40.7. The molecule has 0 bridgehead atoms. The van der Waals surface area contributed by atoms with E-state index in [1.807, 2.05) is 42.9 Å². The Morgan fingerprint density at radius 3 is 2.42 bits per heavy atom. The molecule has 5 aromatic rings. The van der Waals surface area contributed by atoms with Gasteiger partial charge < -0.3 is 38.8 Å². The van der Waals surface area contributed by atoms with Gasteiger partial charge in [0.25, 0.3) is 11.8 Å². The van der Waals surface area contributed by atoms with E-state index < -0.39 is 23.5 Å². The molecule has 3 fully saturated rings. The van der Waals surface area contributed by atoms with Gasteiger partial charge in [0.1, 0.15) is 12.1 Å². The Labute approximate surface area is 341 Å². The SMILES string of the molecule is C=C1CCC(N2C(=O)c3ccc(N4CC(OCCCOCCCOCC5(O)CC(Oc6ccc(-c7ccc8c9cnccc9n(C)c8c7)cn6)C5)C4)cc3C2=O)C(=O)N1. The lowest BCUT2D eigenvalue weighted by molar-refractivity contribution is -0.144. The summed E-state index contributed by atoms with van der Waals surface area (Å²) < 4.78 is 25.8. The summed E-state index contributed by atoms with van der Waals surface area (Å²) in [5.74, 6) is -0.699. The third kappa shape index (κ3) is 7.80. The highest BCUT2D eigenvalue weighted by Crippen LogP contribution is 2.37. The third-order valence-electron chi connectivity index (χ3n) is 11.9. The monoisotopic (exact) mass is 800 g/mol. The number of carbonyl (C=O) groups is 3. The van der Waals surface area contributed by atoms with Crippen LogP contribution in [0.2, 0.25) is 0 Å². The highest BCUT2D eigenvalue weighted by Gasteiger charge is 2.45. The van der Waals surface area contributed by atoms with E-state index in [0.29, 0.717) is 87.9 Å². The van der Waals surface area contributed by atoms with E-state index in [2.05, 4.69) is 56.6 Å². The summed E-state index contributed by atoms with van der Waals surface area (Å²) in [5, 5.41) is 15.8. The summed E-state index contributed by atoms with van der Waals surface area (Å²) in [6, 6.07) is 16.8. The second kappa shape index (κ2) is 16.2. The van der Waals surface area contributed by atoms with Gasteiger partial charge in [-0.05, 0) is 67.6 Å². The van der Waals surface area contributed by atoms with Gasteiger partial charge in [-0.25, -0.2) is 4.98 Å². The van der Waals surface area contributed by atoms with E-state index in [4.69, 9.17) is 18.9 Å². The van der Waals surface area contributed by atoms with Gasteiger partial charge in [-0.1, -0.05) is 18.7 Å². The largest absolute Gasteiger partial charge is 0.474 e. The number of pyridine rings is 2. The Bertz CT molecular complexity index is 2420. The van der Waals surface area contributed by atoms with Crippen molar-refractivity contribution in [2.45, 2.75) is 62.4 Å². The van der Waals surface area contributed by atoms with Crippen molar-refractivity contribution in [3.63, 3.8) is 0 Å². The zero-order valence-electron chi connectivity index (χ0n) is 33.1. The minimum Gasteiger partial charge on any atom is -0.474 e. The number of fused-ring (bicyclic) bond motifs is 4. The first kappa shape index (κ1) is 38.8. The summed E-state index contributed by atoms with van der Waals surface area (Å²) in [4.78, 5) is 50.8. The zero-order valence-corrected chi connectivity index (χ0v) is 33.1. The molecule has 2 N–H and O–H groups in total. The molecule has 1 aliphatic carbocycles. The van der Waals surface area contributed by atoms with Crippen LogP contribution in [0.25, 0.3) is 32.9 Å². The van der Waals surface area contributed by atoms with Crippen LogP contribution in [0.4, 0.5) is 5.69 Å². The molecule has 2 saturated heterocycles. The van der Waals surface area contributed by atoms with Crippen molar-refractivity contribution in [3.05, 3.63) is 96.6 Å². The van der Waals surface area contributed by atoms with Crippen molar-refractivity contribution in [2.24, 2.45) is 7.05 Å². The Kier molecular flexibility index (Phi) is 10.6. The highest BCUT2D eigenvalue weighted by atomic mass is 16.5. The number of carbonyl (C=O) groups excluding carboxylic acids is 3. The molecule has 0 radical (unpaired) electrons. The number of aryl methyl sites for hydroxylation is 1. The topological polar surface area (TPSA) is 158 Å². The Morgan fingerprint density at radius 2 is 1.63 bits per heavy atom. The lowest BCUT2D eigenvalue weighted by Gasteiger charge is -2.42. The van der Waals surface area contributed by atoms with Crippen LogP contribution in [-0.4, -0.2) is 112 Å². The second-order valence-electron chi connectivity index (χ2n) is 16.1. The first-order valence-corrected chi connectivity index (χ1v) is 20.3. The molecule has 6 heterocycles. The van der Waals surface area contributed by atoms with Crippen molar-refractivity contribution in [1.29, 1.82) is 0 Å². The fourth-order valence-corrected chi connectivity index (χ4v) is 8.54. The summed E-state index contributed by atoms with van der Waals surface area (Å²) in [5.41, 5.74) is 5.57. The molecule has 9 rings (SSSR count). The van der Waals surface area contributed by atoms with Gasteiger partial charge in [0.15, 0.2) is 0 Å². The van der Waals surface area contributed by atoms with Crippen LogP contribution in [0, 0.1) is 0 Å². The molecule has 3 amide bonds. The molecule has 1 saturated carbocycles. The first-order chi connectivity index (χ1) is 28.6. The molecule has 1 unspecified atom stereocenters. The van der Waals surface area contributed by atoms with Crippen LogP contribution in [0.5, 0.6) is 5.88 Å². The molecule has 59 heavy (non-hydrogen) atoms. The quantitative estimate of drug-likeness (QED) is 0.100. The molecule has 2 aromatic carbocycles. The highest BCUT2D eigenvalue weighted by molar-refractivity contribution is 6.23. The number of nitrogens with zero attached hydrogens (tertiary/aromatic N) is 5. The van der Waals surface area contributed by atoms with E-state index in [1.165, 1.54) is 5.39 Å². The standard InChI is InChI=1S/C45H48N6O8/c1-28-5-11-39(42(52)48-28)51-43(53)35-10-8-31(20-36(35)44(51)54)50-25-33(26-50)58-18-4-16-56-15-3-17-57-27-45(55)21-32(22-45)59-41-12-7-30(23-47-41)29-6-9-34-37-24-46-14-13-38(37)49(2)40(34)19-29/h6-10,12-14,19-20,23-24,32-33,39,55H,1,3-5,11,15-18,21-22,25-27H2,2H3,(H,48,52). The number of rotatable bonds is 16. The Morgan fingerprint density at radius 1 is 0.847 bits per heavy atom. The normalized spacial score (nSPS) is 21.9. The van der Waals surface area contributed by atoms with E-state index >= 15 is 0 Å². The Balaban J connectivity index is 0.616. The number of amides is 3. The molecule has 3 aliphatic heterocycles. The average Bonchev–Trinajstić information content (AvgIpc) is 3.63. The molecule has 4 aliphatic rings. The van der Waals surface area contributed by atoms with E-state index in [1.54, 1.807) is 12.1 Å². The van der Waals surface area contributed by atoms with Crippen molar-refractivity contribution in [1.82, 2.24) is 24.8 Å². The van der Waals surface area contributed by atoms with Crippen molar-refractivity contribution in [2.75, 3.05) is 51.0 Å². The fourth-order valence-electron chi connectivity index (χ4n) is 8.54. The van der Waals surface area contributed by atoms with Gasteiger partial charge in [0, 0.05) is 117 Å². The number of piperidine rings is 1. The molecule has 14 heteroatoms. The molecule has 306 valence electrons. The van der Waals surface area contributed by atoms with Gasteiger partial charge in [-0.3, -0.25) is 24.3 Å². The number of anilines is 1. The maximum Gasteiger partial charge on any atom is 0.262 e. The van der Waals surface area contributed by atoms with Gasteiger partial charge in [0.2, 0.25) is 11.8 Å². The van der Waals surface area contributed by atoms with E-state index in [0.717, 1.165) is 51.0 Å². The maximum atomic E-state index is 13.2. The van der Waals surface area contributed by atoms with Gasteiger partial charge in [-0.2, -0.15) is 0 Å². The summed E-state index contributed by atoms with van der Waals surface area (Å²) in [7, 11) is 2.07. The number of allylic oxidation sites excluding steroid dienone is 1. The number of aliphatic hydroxyl groups is 1. The predicted octanol–water partition coefficient (Wildman–Crippen LogP) is 5.17.